The molecular formula is C14H15F5N2O2. The van der Waals surface area contributed by atoms with E-state index in [-0.39, 0.29) is 18.9 Å². The number of nitrogens with zero attached hydrogens (tertiary/aromatic N) is 2. The molecule has 1 aromatic rings. The molecule has 2 rings (SSSR count). The van der Waals surface area contributed by atoms with Crippen molar-refractivity contribution in [3.8, 4) is 0 Å². The summed E-state index contributed by atoms with van der Waals surface area (Å²) in [4.78, 5) is 16.3. The number of alkyl halides is 5. The van der Waals surface area contributed by atoms with Crippen molar-refractivity contribution in [2.45, 2.75) is 32.4 Å². The lowest BCUT2D eigenvalue weighted by Gasteiger charge is -2.38. The summed E-state index contributed by atoms with van der Waals surface area (Å²) in [5, 5.41) is 9.25. The highest BCUT2D eigenvalue weighted by Gasteiger charge is 2.43. The molecule has 1 atom stereocenters. The molecule has 0 aromatic carbocycles. The maximum absolute atomic E-state index is 13.5. The average molecular weight is 338 g/mol. The van der Waals surface area contributed by atoms with Crippen molar-refractivity contribution in [1.82, 2.24) is 4.98 Å². The van der Waals surface area contributed by atoms with Crippen molar-refractivity contribution in [2.24, 2.45) is 5.92 Å². The summed E-state index contributed by atoms with van der Waals surface area (Å²) in [7, 11) is 0. The number of rotatable bonds is 2. The molecule has 0 spiro atoms. The number of carboxylic acids is 1. The molecule has 0 amide bonds. The van der Waals surface area contributed by atoms with E-state index in [0.717, 1.165) is 6.92 Å². The maximum Gasteiger partial charge on any atom is 0.418 e. The zero-order chi connectivity index (χ0) is 17.6. The second-order valence-electron chi connectivity index (χ2n) is 5.66. The van der Waals surface area contributed by atoms with Crippen LogP contribution in [0.15, 0.2) is 6.20 Å². The van der Waals surface area contributed by atoms with Gasteiger partial charge in [-0.1, -0.05) is 6.92 Å². The van der Waals surface area contributed by atoms with E-state index >= 15 is 0 Å². The van der Waals surface area contributed by atoms with Crippen molar-refractivity contribution in [2.75, 3.05) is 18.0 Å². The summed E-state index contributed by atoms with van der Waals surface area (Å²) >= 11 is 0. The number of hydrogen-bond acceptors (Lipinski definition) is 3. The second kappa shape index (κ2) is 5.61. The zero-order valence-electron chi connectivity index (χ0n) is 12.4. The molecule has 0 bridgehead atoms. The van der Waals surface area contributed by atoms with Crippen molar-refractivity contribution in [1.29, 1.82) is 0 Å². The smallest absolute Gasteiger partial charge is 0.418 e. The molecule has 1 aliphatic heterocycles. The van der Waals surface area contributed by atoms with Gasteiger partial charge in [-0.15, -0.1) is 0 Å². The number of halogens is 5. The Bertz CT molecular complexity index is 630. The lowest BCUT2D eigenvalue weighted by Crippen LogP contribution is -2.46. The summed E-state index contributed by atoms with van der Waals surface area (Å²) in [6.45, 7) is 2.00. The minimum atomic E-state index is -4.73. The molecule has 1 aliphatic rings. The van der Waals surface area contributed by atoms with E-state index in [2.05, 4.69) is 4.98 Å². The monoisotopic (exact) mass is 338 g/mol. The number of anilines is 1. The van der Waals surface area contributed by atoms with Crippen LogP contribution < -0.4 is 4.90 Å². The van der Waals surface area contributed by atoms with Gasteiger partial charge in [0.25, 0.3) is 5.92 Å². The van der Waals surface area contributed by atoms with Gasteiger partial charge in [0.1, 0.15) is 11.4 Å². The van der Waals surface area contributed by atoms with Crippen LogP contribution in [0.2, 0.25) is 0 Å². The largest absolute Gasteiger partial charge is 0.478 e. The first-order chi connectivity index (χ1) is 10.4. The van der Waals surface area contributed by atoms with Gasteiger partial charge in [0, 0.05) is 31.6 Å². The van der Waals surface area contributed by atoms with Crippen molar-refractivity contribution < 1.29 is 31.9 Å². The van der Waals surface area contributed by atoms with Crippen LogP contribution in [0.1, 0.15) is 34.8 Å². The van der Waals surface area contributed by atoms with E-state index in [1.807, 2.05) is 0 Å². The molecule has 0 aliphatic carbocycles. The third-order valence-electron chi connectivity index (χ3n) is 4.07. The number of pyridine rings is 1. The summed E-state index contributed by atoms with van der Waals surface area (Å²) < 4.78 is 65.7. The molecule has 1 saturated heterocycles. The molecule has 0 saturated carbocycles. The van der Waals surface area contributed by atoms with Crippen molar-refractivity contribution in [3.05, 3.63) is 22.9 Å². The first kappa shape index (κ1) is 17.4. The van der Waals surface area contributed by atoms with Crippen LogP contribution in [0.5, 0.6) is 0 Å². The summed E-state index contributed by atoms with van der Waals surface area (Å²) in [5.74, 6) is -5.71. The van der Waals surface area contributed by atoms with E-state index in [1.165, 1.54) is 11.8 Å². The zero-order valence-corrected chi connectivity index (χ0v) is 12.4. The Morgan fingerprint density at radius 3 is 2.52 bits per heavy atom. The van der Waals surface area contributed by atoms with Crippen LogP contribution in [-0.2, 0) is 6.18 Å². The van der Waals surface area contributed by atoms with Crippen molar-refractivity contribution >= 4 is 11.8 Å². The van der Waals surface area contributed by atoms with Crippen LogP contribution in [-0.4, -0.2) is 35.1 Å². The highest BCUT2D eigenvalue weighted by Crippen LogP contribution is 2.38. The highest BCUT2D eigenvalue weighted by atomic mass is 19.4. The van der Waals surface area contributed by atoms with E-state index in [9.17, 15) is 31.9 Å². The first-order valence-corrected chi connectivity index (χ1v) is 6.88. The van der Waals surface area contributed by atoms with Crippen LogP contribution in [0.3, 0.4) is 0 Å². The van der Waals surface area contributed by atoms with E-state index < -0.39 is 47.1 Å². The van der Waals surface area contributed by atoms with Gasteiger partial charge in [-0.2, -0.15) is 13.2 Å². The fraction of sp³-hybridized carbons (Fsp3) is 0.571. The fourth-order valence-electron chi connectivity index (χ4n) is 2.65. The normalized spacial score (nSPS) is 21.3. The van der Waals surface area contributed by atoms with Gasteiger partial charge in [-0.25, -0.2) is 18.6 Å². The minimum absolute atomic E-state index is 0.171. The quantitative estimate of drug-likeness (QED) is 0.838. The number of aromatic nitrogens is 1. The molecule has 9 heteroatoms. The number of hydrogen-bond donors (Lipinski definition) is 1. The summed E-state index contributed by atoms with van der Waals surface area (Å²) in [6, 6.07) is 0. The molecule has 0 radical (unpaired) electrons. The SMILES string of the molecule is Cc1c(C(F)(F)F)cnc(N2CCC(F)(F)C(C)C2)c1C(=O)O. The molecular weight excluding hydrogens is 323 g/mol. The maximum atomic E-state index is 13.5. The minimum Gasteiger partial charge on any atom is -0.478 e. The van der Waals surface area contributed by atoms with Crippen LogP contribution in [0.25, 0.3) is 0 Å². The van der Waals surface area contributed by atoms with Gasteiger partial charge >= 0.3 is 12.1 Å². The molecule has 1 N–H and O–H groups in total. The number of carboxylic acid groups (broad SMARTS) is 1. The van der Waals surface area contributed by atoms with E-state index in [4.69, 9.17) is 0 Å². The topological polar surface area (TPSA) is 53.4 Å². The fourth-order valence-corrected chi connectivity index (χ4v) is 2.65. The third-order valence-corrected chi connectivity index (χ3v) is 4.07. The molecule has 4 nitrogen and oxygen atoms in total. The Hall–Kier alpha value is -1.93. The Kier molecular flexibility index (Phi) is 4.25. The molecule has 1 fully saturated rings. The lowest BCUT2D eigenvalue weighted by molar-refractivity contribution is -0.138. The number of piperidine rings is 1. The Morgan fingerprint density at radius 1 is 1.43 bits per heavy atom. The Morgan fingerprint density at radius 2 is 2.04 bits per heavy atom. The van der Waals surface area contributed by atoms with Gasteiger partial charge < -0.3 is 10.0 Å². The highest BCUT2D eigenvalue weighted by molar-refractivity contribution is 5.95. The molecule has 128 valence electrons. The number of aromatic carboxylic acids is 1. The van der Waals surface area contributed by atoms with Crippen LogP contribution >= 0.6 is 0 Å². The van der Waals surface area contributed by atoms with Crippen LogP contribution in [0.4, 0.5) is 27.8 Å². The number of carbonyl (C=O) groups is 1. The van der Waals surface area contributed by atoms with Gasteiger partial charge in [-0.3, -0.25) is 0 Å². The predicted molar refractivity (Wildman–Crippen MR) is 71.9 cm³/mol. The molecule has 1 unspecified atom stereocenters. The summed E-state index contributed by atoms with van der Waals surface area (Å²) in [6.07, 6.45) is -4.69. The van der Waals surface area contributed by atoms with Gasteiger partial charge in [-0.05, 0) is 12.5 Å². The predicted octanol–water partition coefficient (Wildman–Crippen LogP) is 3.59. The third kappa shape index (κ3) is 3.23. The Labute approximate surface area is 128 Å². The van der Waals surface area contributed by atoms with E-state index in [0.29, 0.717) is 6.20 Å². The molecule has 2 heterocycles. The Balaban J connectivity index is 2.48. The van der Waals surface area contributed by atoms with Crippen LogP contribution in [0, 0.1) is 12.8 Å². The van der Waals surface area contributed by atoms with E-state index in [1.54, 1.807) is 0 Å². The van der Waals surface area contributed by atoms with Gasteiger partial charge in [0.2, 0.25) is 0 Å². The standard InChI is InChI=1S/C14H15F5N2O2/c1-7-6-21(4-3-13(7,15)16)11-10(12(22)23)8(2)9(5-20-11)14(17,18)19/h5,7H,3-4,6H2,1-2H3,(H,22,23). The average Bonchev–Trinajstić information content (AvgIpc) is 2.39. The van der Waals surface area contributed by atoms with Gasteiger partial charge in [0.15, 0.2) is 0 Å². The second-order valence-corrected chi connectivity index (χ2v) is 5.66. The summed E-state index contributed by atoms with van der Waals surface area (Å²) in [5.41, 5.74) is -2.22. The van der Waals surface area contributed by atoms with Crippen molar-refractivity contribution in [3.63, 3.8) is 0 Å². The molecule has 23 heavy (non-hydrogen) atoms. The van der Waals surface area contributed by atoms with Gasteiger partial charge in [0.05, 0.1) is 5.56 Å². The molecule has 1 aromatic heterocycles. The lowest BCUT2D eigenvalue weighted by atomic mass is 9.94. The first-order valence-electron chi connectivity index (χ1n) is 6.88.